The summed E-state index contributed by atoms with van der Waals surface area (Å²) in [4.78, 5) is 77.9. The molecule has 0 aliphatic heterocycles. The lowest BCUT2D eigenvalue weighted by Crippen LogP contribution is -2.32. The predicted octanol–water partition coefficient (Wildman–Crippen LogP) is 12.0. The summed E-state index contributed by atoms with van der Waals surface area (Å²) in [5, 5.41) is 27.4. The van der Waals surface area contributed by atoms with Gasteiger partial charge in [0.15, 0.2) is 17.6 Å². The molecule has 0 heterocycles. The third-order valence-corrected chi connectivity index (χ3v) is 10.2. The molecule has 0 aliphatic carbocycles. The minimum absolute atomic E-state index is 0.00118. The predicted molar refractivity (Wildman–Crippen MR) is 245 cm³/mol. The fourth-order valence-electron chi connectivity index (χ4n) is 5.24. The smallest absolute Gasteiger partial charge is 0.258 e. The lowest BCUT2D eigenvalue weighted by atomic mass is 10.1. The van der Waals surface area contributed by atoms with E-state index in [4.69, 9.17) is 85.9 Å². The Labute approximate surface area is 393 Å². The van der Waals surface area contributed by atoms with Crippen LogP contribution in [0.1, 0.15) is 34.6 Å². The van der Waals surface area contributed by atoms with Crippen LogP contribution >= 0.6 is 81.2 Å². The molecule has 324 valence electrons. The van der Waals surface area contributed by atoms with Crippen LogP contribution in [0.4, 0.5) is 34.1 Å². The Hall–Kier alpha value is -5.65. The molecule has 63 heavy (non-hydrogen) atoms. The third kappa shape index (κ3) is 13.2. The van der Waals surface area contributed by atoms with Crippen LogP contribution in [-0.4, -0.2) is 53.3 Å². The second-order valence-corrected chi connectivity index (χ2v) is 15.6. The van der Waals surface area contributed by atoms with E-state index in [9.17, 15) is 28.8 Å². The maximum absolute atomic E-state index is 13.4. The van der Waals surface area contributed by atoms with E-state index in [2.05, 4.69) is 41.7 Å². The van der Waals surface area contributed by atoms with Gasteiger partial charge >= 0.3 is 0 Å². The monoisotopic (exact) mass is 990 g/mol. The van der Waals surface area contributed by atoms with Crippen molar-refractivity contribution in [2.45, 2.75) is 25.9 Å². The SMILES string of the molecule is CC(=O)C(N=Nc1ccc(Cl)c(C(=O)Nc2ccc(Cl)cc2Cl)c1)C(=O)Nc1ccc(NC(=O)C(N=Nc2ccc(Cl)c(C(=O)Nc3ccc(Cl)cc3Cl)c2)C(C)=O)c(OCCl)c1. The van der Waals surface area contributed by atoms with Crippen molar-refractivity contribution < 1.29 is 33.5 Å². The lowest BCUT2D eigenvalue weighted by Gasteiger charge is -2.15. The number of hydrogen-bond acceptors (Lipinski definition) is 11. The molecule has 0 saturated heterocycles. The molecule has 0 fully saturated rings. The lowest BCUT2D eigenvalue weighted by molar-refractivity contribution is -0.127. The fraction of sp³-hybridized carbons (Fsp3) is 0.122. The molecule has 0 saturated carbocycles. The number of halogens is 7. The van der Waals surface area contributed by atoms with E-state index >= 15 is 0 Å². The van der Waals surface area contributed by atoms with Crippen molar-refractivity contribution in [1.82, 2.24) is 0 Å². The van der Waals surface area contributed by atoms with Gasteiger partial charge in [0, 0.05) is 21.8 Å². The van der Waals surface area contributed by atoms with Crippen molar-refractivity contribution in [2.75, 3.05) is 27.3 Å². The molecular weight excluding hydrogens is 965 g/mol. The van der Waals surface area contributed by atoms with E-state index in [1.165, 1.54) is 91.0 Å². The zero-order chi connectivity index (χ0) is 46.0. The van der Waals surface area contributed by atoms with Crippen LogP contribution in [0.25, 0.3) is 0 Å². The molecular formula is C41H29Cl7N8O7. The molecule has 0 aromatic heterocycles. The molecule has 15 nitrogen and oxygen atoms in total. The summed E-state index contributed by atoms with van der Waals surface area (Å²) < 4.78 is 5.46. The van der Waals surface area contributed by atoms with E-state index < -0.39 is 53.3 Å². The summed E-state index contributed by atoms with van der Waals surface area (Å²) in [7, 11) is 0. The van der Waals surface area contributed by atoms with Gasteiger partial charge in [0.2, 0.25) is 12.1 Å². The quantitative estimate of drug-likeness (QED) is 0.0426. The number of anilines is 4. The normalized spacial score (nSPS) is 12.1. The number of ketones is 2. The maximum atomic E-state index is 13.4. The van der Waals surface area contributed by atoms with Crippen molar-refractivity contribution in [2.24, 2.45) is 20.5 Å². The van der Waals surface area contributed by atoms with E-state index in [-0.39, 0.29) is 71.1 Å². The van der Waals surface area contributed by atoms with Crippen molar-refractivity contribution in [3.63, 3.8) is 0 Å². The number of ether oxygens (including phenoxy) is 1. The van der Waals surface area contributed by atoms with Gasteiger partial charge in [-0.1, -0.05) is 81.2 Å². The van der Waals surface area contributed by atoms with Crippen molar-refractivity contribution in [3.05, 3.63) is 132 Å². The molecule has 4 N–H and O–H groups in total. The zero-order valence-electron chi connectivity index (χ0n) is 32.3. The Balaban J connectivity index is 1.27. The van der Waals surface area contributed by atoms with E-state index in [1.54, 1.807) is 0 Å². The molecule has 2 atom stereocenters. The molecule has 0 radical (unpaired) electrons. The van der Waals surface area contributed by atoms with Gasteiger partial charge in [-0.05, 0) is 98.8 Å². The highest BCUT2D eigenvalue weighted by atomic mass is 35.5. The van der Waals surface area contributed by atoms with E-state index in [1.807, 2.05) is 0 Å². The van der Waals surface area contributed by atoms with Crippen molar-refractivity contribution in [3.8, 4) is 5.75 Å². The largest absolute Gasteiger partial charge is 0.476 e. The summed E-state index contributed by atoms with van der Waals surface area (Å²) in [6.07, 6.45) is 0. The van der Waals surface area contributed by atoms with Gasteiger partial charge in [0.1, 0.15) is 5.75 Å². The number of benzene rings is 5. The number of hydrogen-bond donors (Lipinski definition) is 4. The average molecular weight is 994 g/mol. The van der Waals surface area contributed by atoms with Gasteiger partial charge in [-0.3, -0.25) is 28.8 Å². The summed E-state index contributed by atoms with van der Waals surface area (Å²) in [5.74, 6) is -4.47. The maximum Gasteiger partial charge on any atom is 0.258 e. The van der Waals surface area contributed by atoms with E-state index in [0.29, 0.717) is 10.0 Å². The first-order valence-electron chi connectivity index (χ1n) is 17.8. The second-order valence-electron chi connectivity index (χ2n) is 12.9. The standard InChI is InChI=1S/C41H29Cl7N8O7/c1-19(57)36(55-53-24-5-8-28(45)26(15-24)38(59)50-32-10-3-21(43)13-30(32)47)40(61)49-23-7-12-34(35(17-23)63-18-42)52-41(62)37(20(2)58)56-54-25-6-9-29(46)27(16-25)39(60)51-33-11-4-22(44)14-31(33)48/h3-17,36-37H,18H2,1-2H3,(H,49,61)(H,50,59)(H,51,60)(H,52,62). The van der Waals surface area contributed by atoms with Crippen LogP contribution in [0.2, 0.25) is 30.1 Å². The third-order valence-electron chi connectivity index (χ3n) is 8.31. The van der Waals surface area contributed by atoms with Crippen molar-refractivity contribution >= 4 is 151 Å². The Kier molecular flexibility index (Phi) is 17.0. The van der Waals surface area contributed by atoms with Crippen LogP contribution < -0.4 is 26.0 Å². The molecule has 5 aromatic carbocycles. The topological polar surface area (TPSA) is 209 Å². The number of rotatable bonds is 16. The summed E-state index contributed by atoms with van der Waals surface area (Å²) in [5.41, 5.74) is 0.833. The summed E-state index contributed by atoms with van der Waals surface area (Å²) in [6, 6.07) is 17.5. The van der Waals surface area contributed by atoms with Crippen molar-refractivity contribution in [1.29, 1.82) is 0 Å². The fourth-order valence-corrected chi connectivity index (χ4v) is 6.67. The minimum atomic E-state index is -1.66. The van der Waals surface area contributed by atoms with Gasteiger partial charge in [0.05, 0.1) is 59.7 Å². The van der Waals surface area contributed by atoms with Crippen LogP contribution in [0, 0.1) is 0 Å². The molecule has 5 rings (SSSR count). The number of carbonyl (C=O) groups excluding carboxylic acids is 6. The molecule has 22 heteroatoms. The van der Waals surface area contributed by atoms with Crippen LogP contribution in [0.3, 0.4) is 0 Å². The first-order valence-corrected chi connectivity index (χ1v) is 20.6. The van der Waals surface area contributed by atoms with Gasteiger partial charge in [-0.25, -0.2) is 0 Å². The summed E-state index contributed by atoms with van der Waals surface area (Å²) in [6.45, 7) is 2.25. The number of nitrogens with zero attached hydrogens (tertiary/aromatic N) is 4. The van der Waals surface area contributed by atoms with Crippen LogP contribution in [0.5, 0.6) is 5.75 Å². The Bertz CT molecular complexity index is 2700. The molecule has 2 unspecified atom stereocenters. The van der Waals surface area contributed by atoms with Crippen LogP contribution in [0.15, 0.2) is 111 Å². The van der Waals surface area contributed by atoms with Gasteiger partial charge in [-0.2, -0.15) is 20.5 Å². The highest BCUT2D eigenvalue weighted by molar-refractivity contribution is 6.38. The zero-order valence-corrected chi connectivity index (χ0v) is 37.6. The van der Waals surface area contributed by atoms with Gasteiger partial charge in [0.25, 0.3) is 23.6 Å². The molecule has 0 aliphatic rings. The Morgan fingerprint density at radius 1 is 0.524 bits per heavy atom. The minimum Gasteiger partial charge on any atom is -0.476 e. The highest BCUT2D eigenvalue weighted by Crippen LogP contribution is 2.32. The number of amides is 4. The number of carbonyl (C=O) groups is 6. The number of azo groups is 2. The number of Topliss-reactive ketones (excluding diaryl/α,β-unsaturated/α-hetero) is 2. The number of alkyl halides is 1. The second kappa shape index (κ2) is 22.1. The average Bonchev–Trinajstić information content (AvgIpc) is 3.22. The van der Waals surface area contributed by atoms with Gasteiger partial charge < -0.3 is 26.0 Å². The summed E-state index contributed by atoms with van der Waals surface area (Å²) >= 11 is 42.6. The first kappa shape index (κ1) is 48.4. The first-order chi connectivity index (χ1) is 29.9. The number of nitrogens with one attached hydrogen (secondary N) is 4. The highest BCUT2D eigenvalue weighted by Gasteiger charge is 2.27. The Morgan fingerprint density at radius 3 is 1.40 bits per heavy atom. The van der Waals surface area contributed by atoms with Crippen LogP contribution in [-0.2, 0) is 19.2 Å². The Morgan fingerprint density at radius 2 is 0.968 bits per heavy atom. The van der Waals surface area contributed by atoms with E-state index in [0.717, 1.165) is 13.8 Å². The molecule has 5 aromatic rings. The molecule has 0 spiro atoms. The van der Waals surface area contributed by atoms with Gasteiger partial charge in [-0.15, -0.1) is 0 Å². The molecule has 4 amide bonds. The molecule has 0 bridgehead atoms.